The lowest BCUT2D eigenvalue weighted by Gasteiger charge is -2.25. The Bertz CT molecular complexity index is 1200. The van der Waals surface area contributed by atoms with E-state index in [0.717, 1.165) is 41.3 Å². The van der Waals surface area contributed by atoms with Crippen LogP contribution < -0.4 is 16.0 Å². The first-order valence-corrected chi connectivity index (χ1v) is 13.1. The second kappa shape index (κ2) is 12.1. The van der Waals surface area contributed by atoms with Crippen LogP contribution in [0, 0.1) is 0 Å². The minimum Gasteiger partial charge on any atom is -0.460 e. The molecule has 0 saturated heterocycles. The van der Waals surface area contributed by atoms with E-state index in [1.807, 2.05) is 48.5 Å². The minimum atomic E-state index is -0.681. The molecule has 0 bridgehead atoms. The van der Waals surface area contributed by atoms with Crippen LogP contribution in [-0.4, -0.2) is 60.4 Å². The maximum atomic E-state index is 13.6. The molecule has 3 N–H and O–H groups in total. The molecule has 202 valence electrons. The zero-order valence-corrected chi connectivity index (χ0v) is 22.4. The van der Waals surface area contributed by atoms with Gasteiger partial charge in [0.2, 0.25) is 11.8 Å². The molecule has 4 rings (SSSR count). The number of benzene rings is 2. The number of rotatable bonds is 8. The largest absolute Gasteiger partial charge is 0.460 e. The monoisotopic (exact) mass is 519 g/mol. The highest BCUT2D eigenvalue weighted by atomic mass is 16.6. The van der Waals surface area contributed by atoms with E-state index in [2.05, 4.69) is 20.9 Å². The highest BCUT2D eigenvalue weighted by Gasteiger charge is 2.34. The number of carbonyl (C=O) groups is 3. The van der Waals surface area contributed by atoms with Crippen molar-refractivity contribution in [3.63, 3.8) is 0 Å². The van der Waals surface area contributed by atoms with Gasteiger partial charge in [-0.05, 0) is 49.4 Å². The number of fused-ring (bicyclic) bond motifs is 1. The molecule has 0 spiro atoms. The molecular weight excluding hydrogens is 482 g/mol. The van der Waals surface area contributed by atoms with Crippen molar-refractivity contribution in [2.24, 2.45) is 4.99 Å². The molecule has 1 unspecified atom stereocenters. The fourth-order valence-electron chi connectivity index (χ4n) is 4.71. The Labute approximate surface area is 224 Å². The van der Waals surface area contributed by atoms with Gasteiger partial charge in [0.25, 0.3) is 0 Å². The number of carbonyl (C=O) groups excluding carboxylic acids is 3. The molecule has 1 atom stereocenters. The van der Waals surface area contributed by atoms with Gasteiger partial charge in [-0.1, -0.05) is 48.5 Å². The highest BCUT2D eigenvalue weighted by Crippen LogP contribution is 2.30. The van der Waals surface area contributed by atoms with Gasteiger partial charge in [0.15, 0.2) is 5.96 Å². The molecule has 2 amide bonds. The average molecular weight is 520 g/mol. The van der Waals surface area contributed by atoms with Crippen LogP contribution >= 0.6 is 0 Å². The van der Waals surface area contributed by atoms with Gasteiger partial charge in [-0.3, -0.25) is 19.4 Å². The Morgan fingerprint density at radius 1 is 1.11 bits per heavy atom. The fourth-order valence-corrected chi connectivity index (χ4v) is 4.71. The molecular formula is C29H37N5O4. The highest BCUT2D eigenvalue weighted by molar-refractivity contribution is 5.92. The summed E-state index contributed by atoms with van der Waals surface area (Å²) in [7, 11) is 0. The minimum absolute atomic E-state index is 0.0615. The smallest absolute Gasteiger partial charge is 0.307 e. The van der Waals surface area contributed by atoms with Crippen LogP contribution in [0.2, 0.25) is 0 Å². The second-order valence-corrected chi connectivity index (χ2v) is 10.7. The third kappa shape index (κ3) is 7.57. The molecule has 0 aromatic heterocycles. The first-order valence-electron chi connectivity index (χ1n) is 13.1. The zero-order valence-electron chi connectivity index (χ0n) is 22.4. The second-order valence-electron chi connectivity index (χ2n) is 10.7. The van der Waals surface area contributed by atoms with E-state index < -0.39 is 17.5 Å². The number of ether oxygens (including phenoxy) is 1. The van der Waals surface area contributed by atoms with Crippen molar-refractivity contribution in [2.45, 2.75) is 58.2 Å². The number of nitrogens with zero attached hydrogens (tertiary/aromatic N) is 2. The van der Waals surface area contributed by atoms with Crippen molar-refractivity contribution in [2.75, 3.05) is 26.2 Å². The summed E-state index contributed by atoms with van der Waals surface area (Å²) >= 11 is 0. The topological polar surface area (TPSA) is 112 Å². The van der Waals surface area contributed by atoms with Crippen LogP contribution in [-0.2, 0) is 38.6 Å². The van der Waals surface area contributed by atoms with Gasteiger partial charge in [0.05, 0.1) is 25.4 Å². The lowest BCUT2D eigenvalue weighted by atomic mass is 9.90. The number of hydrogen-bond donors (Lipinski definition) is 3. The lowest BCUT2D eigenvalue weighted by Crippen LogP contribution is -2.43. The summed E-state index contributed by atoms with van der Waals surface area (Å²) in [5, 5.41) is 9.39. The van der Waals surface area contributed by atoms with E-state index in [4.69, 9.17) is 4.74 Å². The van der Waals surface area contributed by atoms with Crippen molar-refractivity contribution < 1.29 is 19.1 Å². The lowest BCUT2D eigenvalue weighted by molar-refractivity contribution is -0.157. The SMILES string of the molecule is CC(C)(C)OC(=O)CC1C(=O)N(CC(=O)NCc2cccc(CNC3=NCCN3)c2)CCc2ccccc21. The molecule has 2 heterocycles. The molecule has 0 fully saturated rings. The molecule has 0 aliphatic carbocycles. The number of amides is 2. The summed E-state index contributed by atoms with van der Waals surface area (Å²) < 4.78 is 5.50. The number of aliphatic imine (C=N–C) groups is 1. The van der Waals surface area contributed by atoms with Crippen molar-refractivity contribution in [1.82, 2.24) is 20.9 Å². The predicted octanol–water partition coefficient (Wildman–Crippen LogP) is 2.25. The quantitative estimate of drug-likeness (QED) is 0.462. The van der Waals surface area contributed by atoms with Crippen LogP contribution in [0.15, 0.2) is 53.5 Å². The van der Waals surface area contributed by atoms with Crippen LogP contribution in [0.5, 0.6) is 0 Å². The summed E-state index contributed by atoms with van der Waals surface area (Å²) in [5.41, 5.74) is 3.26. The standard InChI is InChI=1S/C29H37N5O4/c1-29(2,3)38-26(36)16-24-23-10-5-4-9-22(23)11-14-34(27(24)37)19-25(35)32-17-20-7-6-8-21(15-20)18-33-28-30-12-13-31-28/h4-10,15,24H,11-14,16-19H2,1-3H3,(H,32,35)(H2,30,31,33). The molecule has 2 aliphatic rings. The van der Waals surface area contributed by atoms with E-state index in [1.165, 1.54) is 0 Å². The zero-order chi connectivity index (χ0) is 27.1. The molecule has 38 heavy (non-hydrogen) atoms. The molecule has 0 radical (unpaired) electrons. The molecule has 0 saturated carbocycles. The molecule has 2 aliphatic heterocycles. The van der Waals surface area contributed by atoms with E-state index in [0.29, 0.717) is 26.1 Å². The van der Waals surface area contributed by atoms with Crippen LogP contribution in [0.3, 0.4) is 0 Å². The third-order valence-electron chi connectivity index (χ3n) is 6.43. The van der Waals surface area contributed by atoms with E-state index >= 15 is 0 Å². The Balaban J connectivity index is 1.36. The van der Waals surface area contributed by atoms with Gasteiger partial charge in [0.1, 0.15) is 5.60 Å². The molecule has 2 aromatic carbocycles. The van der Waals surface area contributed by atoms with Crippen molar-refractivity contribution in [1.29, 1.82) is 0 Å². The maximum Gasteiger partial charge on any atom is 0.307 e. The third-order valence-corrected chi connectivity index (χ3v) is 6.43. The van der Waals surface area contributed by atoms with Crippen molar-refractivity contribution >= 4 is 23.7 Å². The van der Waals surface area contributed by atoms with E-state index in [1.54, 1.807) is 25.7 Å². The Hall–Kier alpha value is -3.88. The molecule has 9 nitrogen and oxygen atoms in total. The summed E-state index contributed by atoms with van der Waals surface area (Å²) in [6, 6.07) is 15.6. The Morgan fingerprint density at radius 2 is 1.87 bits per heavy atom. The first kappa shape index (κ1) is 27.2. The summed E-state index contributed by atoms with van der Waals surface area (Å²) in [6.07, 6.45) is 0.559. The maximum absolute atomic E-state index is 13.6. The number of guanidine groups is 1. The van der Waals surface area contributed by atoms with E-state index in [-0.39, 0.29) is 24.8 Å². The molecule has 9 heteroatoms. The summed E-state index contributed by atoms with van der Waals surface area (Å²) in [4.78, 5) is 45.0. The van der Waals surface area contributed by atoms with Crippen molar-refractivity contribution in [3.8, 4) is 0 Å². The van der Waals surface area contributed by atoms with Gasteiger partial charge in [-0.25, -0.2) is 0 Å². The normalized spacial score (nSPS) is 17.1. The Morgan fingerprint density at radius 3 is 2.61 bits per heavy atom. The number of hydrogen-bond acceptors (Lipinski definition) is 7. The molecule has 2 aromatic rings. The van der Waals surface area contributed by atoms with E-state index in [9.17, 15) is 14.4 Å². The average Bonchev–Trinajstić information content (AvgIpc) is 3.36. The predicted molar refractivity (Wildman–Crippen MR) is 145 cm³/mol. The van der Waals surface area contributed by atoms with Gasteiger partial charge in [-0.2, -0.15) is 0 Å². The summed E-state index contributed by atoms with van der Waals surface area (Å²) in [5.74, 6) is -0.777. The summed E-state index contributed by atoms with van der Waals surface area (Å²) in [6.45, 7) is 8.38. The van der Waals surface area contributed by atoms with Crippen LogP contribution in [0.25, 0.3) is 0 Å². The first-order chi connectivity index (χ1) is 18.2. The number of nitrogens with one attached hydrogen (secondary N) is 3. The van der Waals surface area contributed by atoms with Gasteiger partial charge >= 0.3 is 5.97 Å². The van der Waals surface area contributed by atoms with Crippen LogP contribution in [0.1, 0.15) is 55.4 Å². The van der Waals surface area contributed by atoms with Gasteiger partial charge < -0.3 is 25.6 Å². The van der Waals surface area contributed by atoms with Crippen LogP contribution in [0.4, 0.5) is 0 Å². The Kier molecular flexibility index (Phi) is 8.66. The number of esters is 1. The van der Waals surface area contributed by atoms with Gasteiger partial charge in [-0.15, -0.1) is 0 Å². The fraction of sp³-hybridized carbons (Fsp3) is 0.448. The van der Waals surface area contributed by atoms with Gasteiger partial charge in [0, 0.05) is 26.2 Å². The van der Waals surface area contributed by atoms with Crippen molar-refractivity contribution in [3.05, 3.63) is 70.8 Å².